The average molecular weight is 303 g/mol. The largest absolute Gasteiger partial charge is 0.478 e. The molecule has 0 saturated heterocycles. The summed E-state index contributed by atoms with van der Waals surface area (Å²) in [5.41, 5.74) is 0.0616. The molecule has 0 fully saturated rings. The highest BCUT2D eigenvalue weighted by Gasteiger charge is 2.16. The first-order valence-corrected chi connectivity index (χ1v) is 7.21. The quantitative estimate of drug-likeness (QED) is 0.781. The average Bonchev–Trinajstić information content (AvgIpc) is 2.35. The number of carboxylic acid groups (broad SMARTS) is 1. The van der Waals surface area contributed by atoms with Gasteiger partial charge in [-0.1, -0.05) is 24.6 Å². The number of halogens is 1. The van der Waals surface area contributed by atoms with Crippen LogP contribution in [0.1, 0.15) is 17.3 Å². The number of carboxylic acids is 1. The molecule has 0 saturated carbocycles. The molecule has 3 N–H and O–H groups in total. The Bertz CT molecular complexity index is 482. The minimum absolute atomic E-state index is 0.0859. The fourth-order valence-corrected chi connectivity index (χ4v) is 1.84. The predicted octanol–water partition coefficient (Wildman–Crippen LogP) is 2.91. The molecule has 0 spiro atoms. The molecule has 0 aliphatic heterocycles. The van der Waals surface area contributed by atoms with Gasteiger partial charge in [0, 0.05) is 11.8 Å². The Labute approximate surface area is 120 Å². The van der Waals surface area contributed by atoms with Crippen LogP contribution in [0.5, 0.6) is 0 Å². The van der Waals surface area contributed by atoms with E-state index >= 15 is 0 Å². The lowest BCUT2D eigenvalue weighted by Gasteiger charge is -2.12. The van der Waals surface area contributed by atoms with E-state index in [-0.39, 0.29) is 21.5 Å². The molecule has 0 heterocycles. The van der Waals surface area contributed by atoms with E-state index in [2.05, 4.69) is 10.6 Å². The van der Waals surface area contributed by atoms with Crippen molar-refractivity contribution in [1.82, 2.24) is 5.32 Å². The molecule has 104 valence electrons. The van der Waals surface area contributed by atoms with Crippen LogP contribution in [0.4, 0.5) is 10.5 Å². The van der Waals surface area contributed by atoms with E-state index in [1.807, 2.05) is 13.2 Å². The number of carbonyl (C=O) groups excluding carboxylic acids is 1. The summed E-state index contributed by atoms with van der Waals surface area (Å²) < 4.78 is 0. The van der Waals surface area contributed by atoms with Gasteiger partial charge in [-0.3, -0.25) is 0 Å². The first kappa shape index (κ1) is 15.7. The molecule has 0 bridgehead atoms. The second-order valence-corrected chi connectivity index (χ2v) is 5.53. The van der Waals surface area contributed by atoms with Crippen LogP contribution in [0.25, 0.3) is 0 Å². The molecule has 1 rings (SSSR count). The molecule has 19 heavy (non-hydrogen) atoms. The Morgan fingerprint density at radius 3 is 2.74 bits per heavy atom. The van der Waals surface area contributed by atoms with Gasteiger partial charge in [0.25, 0.3) is 0 Å². The first-order valence-electron chi connectivity index (χ1n) is 5.55. The Hall–Kier alpha value is -1.40. The monoisotopic (exact) mass is 302 g/mol. The van der Waals surface area contributed by atoms with Crippen molar-refractivity contribution >= 4 is 41.1 Å². The topological polar surface area (TPSA) is 78.4 Å². The molecular weight excluding hydrogens is 288 g/mol. The van der Waals surface area contributed by atoms with E-state index in [1.165, 1.54) is 12.1 Å². The minimum atomic E-state index is -1.18. The zero-order chi connectivity index (χ0) is 14.4. The molecular formula is C12H15ClN2O3S. The van der Waals surface area contributed by atoms with Gasteiger partial charge in [-0.25, -0.2) is 9.59 Å². The fraction of sp³-hybridized carbons (Fsp3) is 0.333. The van der Waals surface area contributed by atoms with Gasteiger partial charge in [0.15, 0.2) is 0 Å². The lowest BCUT2D eigenvalue weighted by Crippen LogP contribution is -2.33. The predicted molar refractivity (Wildman–Crippen MR) is 78.4 cm³/mol. The van der Waals surface area contributed by atoms with Crippen LogP contribution in [0.3, 0.4) is 0 Å². The number of thioether (sulfide) groups is 1. The standard InChI is InChI=1S/C12H15ClN2O3S/c1-7(19-2)6-14-12(18)15-9-5-3-4-8(13)10(9)11(16)17/h3-5,7H,6H2,1-2H3,(H,16,17)(H2,14,15,18). The molecule has 7 heteroatoms. The SMILES string of the molecule is CSC(C)CNC(=O)Nc1cccc(Cl)c1C(=O)O. The Kier molecular flexibility index (Phi) is 5.98. The van der Waals surface area contributed by atoms with Crippen molar-refractivity contribution in [2.45, 2.75) is 12.2 Å². The number of carbonyl (C=O) groups is 2. The zero-order valence-corrected chi connectivity index (χ0v) is 12.1. The number of urea groups is 1. The number of rotatable bonds is 5. The maximum atomic E-state index is 11.7. The van der Waals surface area contributed by atoms with Gasteiger partial charge < -0.3 is 15.7 Å². The molecule has 0 aliphatic carbocycles. The van der Waals surface area contributed by atoms with Gasteiger partial charge in [0.05, 0.1) is 10.7 Å². The second kappa shape index (κ2) is 7.25. The second-order valence-electron chi connectivity index (χ2n) is 3.85. The first-order chi connectivity index (χ1) is 8.95. The number of hydrogen-bond donors (Lipinski definition) is 3. The summed E-state index contributed by atoms with van der Waals surface area (Å²) in [6.07, 6.45) is 1.95. The maximum absolute atomic E-state index is 11.7. The highest BCUT2D eigenvalue weighted by Crippen LogP contribution is 2.24. The Balaban J connectivity index is 2.74. The van der Waals surface area contributed by atoms with Crippen LogP contribution < -0.4 is 10.6 Å². The normalized spacial score (nSPS) is 11.7. The van der Waals surface area contributed by atoms with E-state index in [0.29, 0.717) is 6.54 Å². The summed E-state index contributed by atoms with van der Waals surface area (Å²) >= 11 is 7.43. The van der Waals surface area contributed by atoms with Gasteiger partial charge in [-0.05, 0) is 18.4 Å². The molecule has 5 nitrogen and oxygen atoms in total. The summed E-state index contributed by atoms with van der Waals surface area (Å²) in [6, 6.07) is 4.08. The number of nitrogens with one attached hydrogen (secondary N) is 2. The van der Waals surface area contributed by atoms with Crippen molar-refractivity contribution in [3.8, 4) is 0 Å². The number of anilines is 1. The molecule has 1 aromatic carbocycles. The van der Waals surface area contributed by atoms with E-state index in [4.69, 9.17) is 16.7 Å². The number of hydrogen-bond acceptors (Lipinski definition) is 3. The summed E-state index contributed by atoms with van der Waals surface area (Å²) in [7, 11) is 0. The molecule has 0 aliphatic rings. The summed E-state index contributed by atoms with van der Waals surface area (Å²) in [6.45, 7) is 2.48. The van der Waals surface area contributed by atoms with Crippen molar-refractivity contribution in [2.75, 3.05) is 18.1 Å². The van der Waals surface area contributed by atoms with Crippen LogP contribution in [0, 0.1) is 0 Å². The number of aromatic carboxylic acids is 1. The third-order valence-electron chi connectivity index (χ3n) is 2.43. The van der Waals surface area contributed by atoms with E-state index in [1.54, 1.807) is 17.8 Å². The fourth-order valence-electron chi connectivity index (χ4n) is 1.33. The Morgan fingerprint density at radius 1 is 1.47 bits per heavy atom. The lowest BCUT2D eigenvalue weighted by molar-refractivity contribution is 0.0698. The van der Waals surface area contributed by atoms with Crippen LogP contribution in [0.2, 0.25) is 5.02 Å². The van der Waals surface area contributed by atoms with Gasteiger partial charge in [-0.15, -0.1) is 0 Å². The summed E-state index contributed by atoms with van der Waals surface area (Å²) in [5, 5.41) is 14.6. The van der Waals surface area contributed by atoms with E-state index in [0.717, 1.165) is 0 Å². The van der Waals surface area contributed by atoms with Crippen molar-refractivity contribution in [3.05, 3.63) is 28.8 Å². The van der Waals surface area contributed by atoms with Crippen molar-refractivity contribution in [1.29, 1.82) is 0 Å². The highest BCUT2D eigenvalue weighted by molar-refractivity contribution is 7.99. The molecule has 0 radical (unpaired) electrons. The van der Waals surface area contributed by atoms with Crippen LogP contribution in [-0.2, 0) is 0 Å². The Morgan fingerprint density at radius 2 is 2.16 bits per heavy atom. The third-order valence-corrected chi connectivity index (χ3v) is 3.71. The molecule has 0 aromatic heterocycles. The molecule has 1 aromatic rings. The van der Waals surface area contributed by atoms with Gasteiger partial charge >= 0.3 is 12.0 Å². The maximum Gasteiger partial charge on any atom is 0.339 e. The molecule has 1 atom stereocenters. The van der Waals surface area contributed by atoms with E-state index < -0.39 is 12.0 Å². The number of benzene rings is 1. The van der Waals surface area contributed by atoms with Crippen molar-refractivity contribution < 1.29 is 14.7 Å². The van der Waals surface area contributed by atoms with Gasteiger partial charge in [0.1, 0.15) is 5.56 Å². The molecule has 1 unspecified atom stereocenters. The third kappa shape index (κ3) is 4.65. The summed E-state index contributed by atoms with van der Waals surface area (Å²) in [4.78, 5) is 22.7. The van der Waals surface area contributed by atoms with Gasteiger partial charge in [0.2, 0.25) is 0 Å². The number of amides is 2. The van der Waals surface area contributed by atoms with Crippen LogP contribution in [-0.4, -0.2) is 35.2 Å². The summed E-state index contributed by atoms with van der Waals surface area (Å²) in [5.74, 6) is -1.18. The van der Waals surface area contributed by atoms with Gasteiger partial charge in [-0.2, -0.15) is 11.8 Å². The van der Waals surface area contributed by atoms with E-state index in [9.17, 15) is 9.59 Å². The van der Waals surface area contributed by atoms with Crippen LogP contribution in [0.15, 0.2) is 18.2 Å². The lowest BCUT2D eigenvalue weighted by atomic mass is 10.2. The van der Waals surface area contributed by atoms with Crippen molar-refractivity contribution in [3.63, 3.8) is 0 Å². The highest BCUT2D eigenvalue weighted by atomic mass is 35.5. The smallest absolute Gasteiger partial charge is 0.339 e. The van der Waals surface area contributed by atoms with Crippen molar-refractivity contribution in [2.24, 2.45) is 0 Å². The minimum Gasteiger partial charge on any atom is -0.478 e. The zero-order valence-electron chi connectivity index (χ0n) is 10.6. The molecule has 2 amide bonds. The van der Waals surface area contributed by atoms with Crippen LogP contribution >= 0.6 is 23.4 Å².